The van der Waals surface area contributed by atoms with Gasteiger partial charge in [0, 0.05) is 10.0 Å². The summed E-state index contributed by atoms with van der Waals surface area (Å²) in [5.74, 6) is 0.819. The standard InChI is InChI=1S/C18H17BrO2/c1-13(2)21-17-9-6-14(7-10-17)8-11-18(20)15-4-3-5-16(19)12-15/h3-13H,1-2H3/b11-8+. The third kappa shape index (κ3) is 4.87. The molecule has 0 aliphatic heterocycles. The number of carbonyl (C=O) groups excluding carboxylic acids is 1. The number of benzene rings is 2. The van der Waals surface area contributed by atoms with Gasteiger partial charge in [-0.1, -0.05) is 46.3 Å². The molecule has 0 spiro atoms. The van der Waals surface area contributed by atoms with Crippen molar-refractivity contribution in [1.82, 2.24) is 0 Å². The summed E-state index contributed by atoms with van der Waals surface area (Å²) >= 11 is 3.36. The van der Waals surface area contributed by atoms with E-state index < -0.39 is 0 Å². The highest BCUT2D eigenvalue weighted by molar-refractivity contribution is 9.10. The summed E-state index contributed by atoms with van der Waals surface area (Å²) in [5, 5.41) is 0. The highest BCUT2D eigenvalue weighted by Crippen LogP contribution is 2.16. The van der Waals surface area contributed by atoms with Crippen molar-refractivity contribution in [3.63, 3.8) is 0 Å². The Morgan fingerprint density at radius 1 is 1.14 bits per heavy atom. The molecule has 0 unspecified atom stereocenters. The van der Waals surface area contributed by atoms with E-state index >= 15 is 0 Å². The van der Waals surface area contributed by atoms with E-state index in [1.807, 2.05) is 62.4 Å². The zero-order valence-electron chi connectivity index (χ0n) is 12.0. The van der Waals surface area contributed by atoms with Gasteiger partial charge in [-0.15, -0.1) is 0 Å². The van der Waals surface area contributed by atoms with Crippen molar-refractivity contribution in [2.45, 2.75) is 20.0 Å². The van der Waals surface area contributed by atoms with E-state index in [1.54, 1.807) is 12.1 Å². The molecule has 0 fully saturated rings. The molecule has 2 aromatic carbocycles. The Labute approximate surface area is 133 Å². The molecule has 2 rings (SSSR count). The maximum absolute atomic E-state index is 12.1. The predicted molar refractivity (Wildman–Crippen MR) is 89.7 cm³/mol. The molecule has 0 aliphatic rings. The van der Waals surface area contributed by atoms with Crippen LogP contribution in [-0.2, 0) is 0 Å². The highest BCUT2D eigenvalue weighted by atomic mass is 79.9. The van der Waals surface area contributed by atoms with Crippen LogP contribution in [0, 0.1) is 0 Å². The van der Waals surface area contributed by atoms with Crippen molar-refractivity contribution in [2.24, 2.45) is 0 Å². The van der Waals surface area contributed by atoms with Crippen LogP contribution in [0.4, 0.5) is 0 Å². The fraction of sp³-hybridized carbons (Fsp3) is 0.167. The van der Waals surface area contributed by atoms with Crippen LogP contribution < -0.4 is 4.74 Å². The van der Waals surface area contributed by atoms with Gasteiger partial charge < -0.3 is 4.74 Å². The lowest BCUT2D eigenvalue weighted by atomic mass is 10.1. The summed E-state index contributed by atoms with van der Waals surface area (Å²) in [4.78, 5) is 12.1. The summed E-state index contributed by atoms with van der Waals surface area (Å²) in [6, 6.07) is 15.0. The Kier molecular flexibility index (Phi) is 5.34. The Morgan fingerprint density at radius 2 is 1.86 bits per heavy atom. The molecule has 0 bridgehead atoms. The minimum absolute atomic E-state index is 0.0150. The molecule has 0 saturated carbocycles. The van der Waals surface area contributed by atoms with Gasteiger partial charge in [-0.05, 0) is 49.8 Å². The average molecular weight is 345 g/mol. The number of carbonyl (C=O) groups is 1. The van der Waals surface area contributed by atoms with E-state index in [-0.39, 0.29) is 11.9 Å². The van der Waals surface area contributed by atoms with Crippen LogP contribution in [0.15, 0.2) is 59.1 Å². The van der Waals surface area contributed by atoms with Crippen LogP contribution >= 0.6 is 15.9 Å². The van der Waals surface area contributed by atoms with Gasteiger partial charge in [-0.3, -0.25) is 4.79 Å². The number of ether oxygens (including phenoxy) is 1. The molecular weight excluding hydrogens is 328 g/mol. The lowest BCUT2D eigenvalue weighted by Gasteiger charge is -2.09. The summed E-state index contributed by atoms with van der Waals surface area (Å²) in [5.41, 5.74) is 1.63. The fourth-order valence-corrected chi connectivity index (χ4v) is 2.24. The van der Waals surface area contributed by atoms with E-state index in [9.17, 15) is 4.79 Å². The summed E-state index contributed by atoms with van der Waals surface area (Å²) in [6.45, 7) is 3.98. The van der Waals surface area contributed by atoms with Crippen molar-refractivity contribution >= 4 is 27.8 Å². The molecule has 0 saturated heterocycles. The second kappa shape index (κ2) is 7.23. The topological polar surface area (TPSA) is 26.3 Å². The summed E-state index contributed by atoms with van der Waals surface area (Å²) < 4.78 is 6.48. The van der Waals surface area contributed by atoms with E-state index in [2.05, 4.69) is 15.9 Å². The summed E-state index contributed by atoms with van der Waals surface area (Å²) in [7, 11) is 0. The second-order valence-electron chi connectivity index (χ2n) is 4.94. The van der Waals surface area contributed by atoms with Gasteiger partial charge >= 0.3 is 0 Å². The van der Waals surface area contributed by atoms with Crippen LogP contribution in [0.5, 0.6) is 5.75 Å². The number of hydrogen-bond donors (Lipinski definition) is 0. The molecule has 0 amide bonds. The van der Waals surface area contributed by atoms with Crippen molar-refractivity contribution in [3.05, 3.63) is 70.2 Å². The molecule has 0 heterocycles. The maximum atomic E-state index is 12.1. The first kappa shape index (κ1) is 15.5. The molecule has 0 aromatic heterocycles. The minimum Gasteiger partial charge on any atom is -0.491 e. The lowest BCUT2D eigenvalue weighted by molar-refractivity contribution is 0.104. The molecule has 0 radical (unpaired) electrons. The quantitative estimate of drug-likeness (QED) is 0.555. The number of hydrogen-bond acceptors (Lipinski definition) is 2. The average Bonchev–Trinajstić information content (AvgIpc) is 2.45. The molecular formula is C18H17BrO2. The SMILES string of the molecule is CC(C)Oc1ccc(/C=C/C(=O)c2cccc(Br)c2)cc1. The molecule has 3 heteroatoms. The number of ketones is 1. The normalized spacial score (nSPS) is 11.0. The van der Waals surface area contributed by atoms with Crippen molar-refractivity contribution in [2.75, 3.05) is 0 Å². The first-order valence-corrected chi connectivity index (χ1v) is 7.58. The smallest absolute Gasteiger partial charge is 0.185 e. The first-order valence-electron chi connectivity index (χ1n) is 6.79. The molecule has 21 heavy (non-hydrogen) atoms. The molecule has 0 aliphatic carbocycles. The van der Waals surface area contributed by atoms with Crippen LogP contribution in [0.2, 0.25) is 0 Å². The second-order valence-corrected chi connectivity index (χ2v) is 5.86. The van der Waals surface area contributed by atoms with Gasteiger partial charge in [-0.25, -0.2) is 0 Å². The van der Waals surface area contributed by atoms with Crippen LogP contribution in [-0.4, -0.2) is 11.9 Å². The van der Waals surface area contributed by atoms with Gasteiger partial charge in [0.1, 0.15) is 5.75 Å². The van der Waals surface area contributed by atoms with E-state index in [1.165, 1.54) is 0 Å². The van der Waals surface area contributed by atoms with Crippen molar-refractivity contribution in [3.8, 4) is 5.75 Å². The van der Waals surface area contributed by atoms with Crippen LogP contribution in [0.3, 0.4) is 0 Å². The molecule has 2 aromatic rings. The van der Waals surface area contributed by atoms with Crippen molar-refractivity contribution < 1.29 is 9.53 Å². The van der Waals surface area contributed by atoms with Gasteiger partial charge in [0.15, 0.2) is 5.78 Å². The maximum Gasteiger partial charge on any atom is 0.185 e. The van der Waals surface area contributed by atoms with Crippen molar-refractivity contribution in [1.29, 1.82) is 0 Å². The Morgan fingerprint density at radius 3 is 2.48 bits per heavy atom. The monoisotopic (exact) mass is 344 g/mol. The highest BCUT2D eigenvalue weighted by Gasteiger charge is 2.02. The Hall–Kier alpha value is -1.87. The van der Waals surface area contributed by atoms with Gasteiger partial charge in [0.2, 0.25) is 0 Å². The van der Waals surface area contributed by atoms with Crippen LogP contribution in [0.1, 0.15) is 29.8 Å². The predicted octanol–water partition coefficient (Wildman–Crippen LogP) is 5.13. The van der Waals surface area contributed by atoms with E-state index in [4.69, 9.17) is 4.74 Å². The number of rotatable bonds is 5. The van der Waals surface area contributed by atoms with Gasteiger partial charge in [0.05, 0.1) is 6.10 Å². The van der Waals surface area contributed by atoms with Gasteiger partial charge in [-0.2, -0.15) is 0 Å². The van der Waals surface area contributed by atoms with E-state index in [0.29, 0.717) is 5.56 Å². The number of halogens is 1. The zero-order valence-corrected chi connectivity index (χ0v) is 13.6. The minimum atomic E-state index is -0.0150. The fourth-order valence-electron chi connectivity index (χ4n) is 1.84. The Bertz CT molecular complexity index is 643. The zero-order chi connectivity index (χ0) is 15.2. The van der Waals surface area contributed by atoms with Gasteiger partial charge in [0.25, 0.3) is 0 Å². The largest absolute Gasteiger partial charge is 0.491 e. The van der Waals surface area contributed by atoms with E-state index in [0.717, 1.165) is 15.8 Å². The molecule has 0 N–H and O–H groups in total. The third-order valence-corrected chi connectivity index (χ3v) is 3.28. The summed E-state index contributed by atoms with van der Waals surface area (Å²) in [6.07, 6.45) is 3.55. The van der Waals surface area contributed by atoms with Crippen LogP contribution in [0.25, 0.3) is 6.08 Å². The molecule has 0 atom stereocenters. The molecule has 2 nitrogen and oxygen atoms in total. The third-order valence-electron chi connectivity index (χ3n) is 2.79. The lowest BCUT2D eigenvalue weighted by Crippen LogP contribution is -2.05. The Balaban J connectivity index is 2.05. The number of allylic oxidation sites excluding steroid dienone is 1. The first-order chi connectivity index (χ1) is 10.0. The molecule has 108 valence electrons.